The zero-order valence-corrected chi connectivity index (χ0v) is 33.6. The number of hydrogen-bond donors (Lipinski definition) is 0. The molecule has 0 unspecified atom stereocenters. The number of aryl methyl sites for hydroxylation is 1. The smallest absolute Gasteiger partial charge is 0.307 e. The molecule has 52 heavy (non-hydrogen) atoms. The number of hydrogen-bond acceptors (Lipinski definition) is 8. The van der Waals surface area contributed by atoms with E-state index in [0.29, 0.717) is 44.8 Å². The lowest BCUT2D eigenvalue weighted by Gasteiger charge is -2.43. The van der Waals surface area contributed by atoms with Crippen LogP contribution in [0.3, 0.4) is 0 Å². The maximum absolute atomic E-state index is 12.1. The summed E-state index contributed by atoms with van der Waals surface area (Å²) in [7, 11) is -1.16. The van der Waals surface area contributed by atoms with Gasteiger partial charge in [-0.1, -0.05) is 63.2 Å². The standard InChI is InChI=1S/C41H65N7O3Si/c1-5-51-40(49)15-21-47-25-19-42-38(47)31-45(32-39-43-20-26-48(39)34-50-27-28-52(2,3)4)30-36-13-11-35(12-14-36)29-44-22-16-41(33-44)17-23-46(24-18-41)37-9-7-6-8-10-37/h11-14,19-20,25-26,37H,5-10,15-18,21-24,27-34H2,1-4H3. The van der Waals surface area contributed by atoms with E-state index >= 15 is 0 Å². The average molecular weight is 732 g/mol. The van der Waals surface area contributed by atoms with E-state index in [1.165, 1.54) is 88.7 Å². The summed E-state index contributed by atoms with van der Waals surface area (Å²) in [5.74, 6) is 1.72. The summed E-state index contributed by atoms with van der Waals surface area (Å²) < 4.78 is 15.5. The maximum atomic E-state index is 12.1. The number of esters is 1. The summed E-state index contributed by atoms with van der Waals surface area (Å²) in [6.45, 7) is 19.4. The van der Waals surface area contributed by atoms with E-state index in [-0.39, 0.29) is 5.97 Å². The molecule has 1 saturated carbocycles. The highest BCUT2D eigenvalue weighted by molar-refractivity contribution is 6.76. The molecule has 0 atom stereocenters. The lowest BCUT2D eigenvalue weighted by Crippen LogP contribution is -2.46. The molecular weight excluding hydrogens is 667 g/mol. The zero-order valence-electron chi connectivity index (χ0n) is 32.6. The molecule has 2 saturated heterocycles. The number of piperidine rings is 1. The van der Waals surface area contributed by atoms with Gasteiger partial charge in [-0.2, -0.15) is 0 Å². The summed E-state index contributed by atoms with van der Waals surface area (Å²) in [5, 5.41) is 0. The van der Waals surface area contributed by atoms with Crippen LogP contribution in [0.2, 0.25) is 25.7 Å². The van der Waals surface area contributed by atoms with Crippen LogP contribution in [0, 0.1) is 5.41 Å². The van der Waals surface area contributed by atoms with Crippen LogP contribution in [0.25, 0.3) is 0 Å². The second kappa shape index (κ2) is 18.5. The first-order chi connectivity index (χ1) is 25.2. The Balaban J connectivity index is 1.06. The summed E-state index contributed by atoms with van der Waals surface area (Å²) in [6.07, 6.45) is 19.2. The van der Waals surface area contributed by atoms with E-state index in [1.54, 1.807) is 0 Å². The minimum absolute atomic E-state index is 0.181. The van der Waals surface area contributed by atoms with Gasteiger partial charge in [0, 0.05) is 71.7 Å². The Bertz CT molecular complexity index is 1520. The van der Waals surface area contributed by atoms with Crippen LogP contribution in [0.1, 0.15) is 87.5 Å². The molecule has 0 bridgehead atoms. The summed E-state index contributed by atoms with van der Waals surface area (Å²) in [6, 6.07) is 11.3. The third-order valence-electron chi connectivity index (χ3n) is 11.7. The minimum atomic E-state index is -1.16. The van der Waals surface area contributed by atoms with Crippen molar-refractivity contribution in [1.82, 2.24) is 33.8 Å². The molecule has 286 valence electrons. The number of carbonyl (C=O) groups excluding carboxylic acids is 1. The normalized spacial score (nSPS) is 18.9. The molecule has 1 aliphatic carbocycles. The fraction of sp³-hybridized carbons (Fsp3) is 0.683. The Labute approximate surface area is 313 Å². The van der Waals surface area contributed by atoms with Crippen molar-refractivity contribution in [2.24, 2.45) is 5.41 Å². The Morgan fingerprint density at radius 2 is 1.54 bits per heavy atom. The molecular formula is C41H65N7O3Si. The molecule has 1 aromatic carbocycles. The second-order valence-corrected chi connectivity index (χ2v) is 22.6. The van der Waals surface area contributed by atoms with Gasteiger partial charge < -0.3 is 23.5 Å². The Hall–Kier alpha value is -2.83. The molecule has 0 radical (unpaired) electrons. The molecule has 0 amide bonds. The zero-order chi connectivity index (χ0) is 36.4. The molecule has 6 rings (SSSR count). The second-order valence-electron chi connectivity index (χ2n) is 17.0. The number of likely N-dealkylation sites (tertiary alicyclic amines) is 2. The lowest BCUT2D eigenvalue weighted by atomic mass is 9.77. The third kappa shape index (κ3) is 11.3. The van der Waals surface area contributed by atoms with Gasteiger partial charge in [-0.15, -0.1) is 0 Å². The van der Waals surface area contributed by atoms with Crippen molar-refractivity contribution in [1.29, 1.82) is 0 Å². The van der Waals surface area contributed by atoms with E-state index in [2.05, 4.69) is 67.7 Å². The summed E-state index contributed by atoms with van der Waals surface area (Å²) >= 11 is 0. The number of benzene rings is 1. The van der Waals surface area contributed by atoms with Crippen LogP contribution < -0.4 is 0 Å². The minimum Gasteiger partial charge on any atom is -0.466 e. The molecule has 3 aliphatic rings. The van der Waals surface area contributed by atoms with Gasteiger partial charge in [0.15, 0.2) is 0 Å². The van der Waals surface area contributed by atoms with Gasteiger partial charge in [-0.25, -0.2) is 9.97 Å². The highest BCUT2D eigenvalue weighted by atomic mass is 28.3. The quantitative estimate of drug-likeness (QED) is 0.0775. The van der Waals surface area contributed by atoms with E-state index in [4.69, 9.17) is 19.4 Å². The van der Waals surface area contributed by atoms with Gasteiger partial charge in [0.1, 0.15) is 18.4 Å². The van der Waals surface area contributed by atoms with Crippen molar-refractivity contribution in [2.75, 3.05) is 39.4 Å². The van der Waals surface area contributed by atoms with Crippen LogP contribution in [0.15, 0.2) is 49.1 Å². The summed E-state index contributed by atoms with van der Waals surface area (Å²) in [4.78, 5) is 29.5. The van der Waals surface area contributed by atoms with Crippen molar-refractivity contribution < 1.29 is 14.3 Å². The van der Waals surface area contributed by atoms with Gasteiger partial charge in [-0.3, -0.25) is 14.6 Å². The molecule has 2 aliphatic heterocycles. The van der Waals surface area contributed by atoms with Gasteiger partial charge in [0.05, 0.1) is 26.1 Å². The monoisotopic (exact) mass is 731 g/mol. The topological polar surface area (TPSA) is 80.9 Å². The summed E-state index contributed by atoms with van der Waals surface area (Å²) in [5.41, 5.74) is 3.19. The van der Waals surface area contributed by atoms with E-state index < -0.39 is 8.07 Å². The first-order valence-electron chi connectivity index (χ1n) is 20.2. The Morgan fingerprint density at radius 3 is 2.23 bits per heavy atom. The van der Waals surface area contributed by atoms with Crippen molar-refractivity contribution in [3.8, 4) is 0 Å². The van der Waals surface area contributed by atoms with Crippen LogP contribution in [0.4, 0.5) is 0 Å². The molecule has 10 nitrogen and oxygen atoms in total. The van der Waals surface area contributed by atoms with Gasteiger partial charge >= 0.3 is 5.97 Å². The van der Waals surface area contributed by atoms with Crippen LogP contribution in [-0.4, -0.2) is 93.3 Å². The lowest BCUT2D eigenvalue weighted by molar-refractivity contribution is -0.143. The molecule has 3 aromatic rings. The first kappa shape index (κ1) is 38.9. The molecule has 3 fully saturated rings. The molecule has 11 heteroatoms. The predicted molar refractivity (Wildman–Crippen MR) is 209 cm³/mol. The predicted octanol–water partition coefficient (Wildman–Crippen LogP) is 7.17. The molecule has 2 aromatic heterocycles. The van der Waals surface area contributed by atoms with Crippen LogP contribution >= 0.6 is 0 Å². The number of ether oxygens (including phenoxy) is 2. The number of nitrogens with zero attached hydrogens (tertiary/aromatic N) is 7. The number of carbonyl (C=O) groups is 1. The average Bonchev–Trinajstić information content (AvgIpc) is 3.88. The van der Waals surface area contributed by atoms with Crippen molar-refractivity contribution in [3.63, 3.8) is 0 Å². The Morgan fingerprint density at radius 1 is 0.885 bits per heavy atom. The highest BCUT2D eigenvalue weighted by Gasteiger charge is 2.41. The van der Waals surface area contributed by atoms with Crippen molar-refractivity contribution in [3.05, 3.63) is 71.8 Å². The highest BCUT2D eigenvalue weighted by Crippen LogP contribution is 2.42. The molecule has 0 N–H and O–H groups in total. The maximum Gasteiger partial charge on any atom is 0.307 e. The van der Waals surface area contributed by atoms with Crippen LogP contribution in [0.5, 0.6) is 0 Å². The van der Waals surface area contributed by atoms with Gasteiger partial charge in [0.25, 0.3) is 0 Å². The first-order valence-corrected chi connectivity index (χ1v) is 23.9. The SMILES string of the molecule is CCOC(=O)CCn1ccnc1CN(Cc1ccc(CN2CCC3(CCN(C4CCCCC4)CC3)C2)cc1)Cc1nccn1COCC[Si](C)(C)C. The molecule has 4 heterocycles. The largest absolute Gasteiger partial charge is 0.466 e. The third-order valence-corrected chi connectivity index (χ3v) is 13.4. The number of imidazole rings is 2. The van der Waals surface area contributed by atoms with Gasteiger partial charge in [-0.05, 0) is 81.2 Å². The number of aromatic nitrogens is 4. The fourth-order valence-corrected chi connectivity index (χ4v) is 9.26. The van der Waals surface area contributed by atoms with Crippen LogP contribution in [-0.2, 0) is 53.7 Å². The van der Waals surface area contributed by atoms with E-state index in [0.717, 1.165) is 43.4 Å². The fourth-order valence-electron chi connectivity index (χ4n) is 8.51. The van der Waals surface area contributed by atoms with E-state index in [1.807, 2.05) is 31.7 Å². The van der Waals surface area contributed by atoms with Crippen molar-refractivity contribution in [2.45, 2.75) is 136 Å². The number of rotatable bonds is 18. The molecule has 1 spiro atoms. The Kier molecular flexibility index (Phi) is 13.8. The van der Waals surface area contributed by atoms with E-state index in [9.17, 15) is 4.79 Å². The van der Waals surface area contributed by atoms with Crippen molar-refractivity contribution >= 4 is 14.0 Å². The van der Waals surface area contributed by atoms with Gasteiger partial charge in [0.2, 0.25) is 0 Å².